The van der Waals surface area contributed by atoms with Crippen molar-refractivity contribution in [1.82, 2.24) is 14.6 Å². The molecule has 2 saturated heterocycles. The second-order valence-corrected chi connectivity index (χ2v) is 6.43. The molecule has 4 rings (SSSR count). The lowest BCUT2D eigenvalue weighted by atomic mass is 9.92. The minimum Gasteiger partial charge on any atom is -0.382 e. The predicted octanol–water partition coefficient (Wildman–Crippen LogP) is 0.875. The number of nitrogen functional groups attached to an aromatic ring is 1. The average Bonchev–Trinajstić information content (AvgIpc) is 3.29. The Morgan fingerprint density at radius 3 is 2.92 bits per heavy atom. The van der Waals surface area contributed by atoms with Crippen LogP contribution in [0.1, 0.15) is 5.69 Å². The van der Waals surface area contributed by atoms with Crippen molar-refractivity contribution in [1.29, 1.82) is 5.26 Å². The summed E-state index contributed by atoms with van der Waals surface area (Å²) in [5, 5.41) is 14.1. The van der Waals surface area contributed by atoms with Crippen LogP contribution < -0.4 is 5.73 Å². The van der Waals surface area contributed by atoms with E-state index in [1.807, 2.05) is 28.7 Å². The molecule has 5 atom stereocenters. The molecule has 25 heavy (non-hydrogen) atoms. The molecular weight excluding hydrogens is 448 g/mol. The van der Waals surface area contributed by atoms with Crippen LogP contribution in [0, 0.1) is 11.3 Å². The van der Waals surface area contributed by atoms with Gasteiger partial charge in [-0.3, -0.25) is 0 Å². The summed E-state index contributed by atoms with van der Waals surface area (Å²) in [7, 11) is 1.37. The van der Waals surface area contributed by atoms with Crippen LogP contribution >= 0.6 is 22.6 Å². The highest BCUT2D eigenvalue weighted by atomic mass is 127. The molecule has 132 valence electrons. The molecule has 11 heteroatoms. The summed E-state index contributed by atoms with van der Waals surface area (Å²) < 4.78 is 38.4. The summed E-state index contributed by atoms with van der Waals surface area (Å²) in [6.07, 6.45) is -0.927. The molecule has 0 bridgehead atoms. The first kappa shape index (κ1) is 16.9. The monoisotopic (exact) mass is 461 g/mol. The van der Waals surface area contributed by atoms with Crippen LogP contribution in [0.15, 0.2) is 18.5 Å². The lowest BCUT2D eigenvalue weighted by Crippen LogP contribution is -2.40. The summed E-state index contributed by atoms with van der Waals surface area (Å²) >= 11 is 1.84. The Kier molecular flexibility index (Phi) is 3.85. The number of ether oxygens (including phenoxy) is 4. The van der Waals surface area contributed by atoms with Crippen LogP contribution in [-0.4, -0.2) is 50.7 Å². The van der Waals surface area contributed by atoms with Gasteiger partial charge in [-0.05, 0) is 12.1 Å². The Labute approximate surface area is 154 Å². The van der Waals surface area contributed by atoms with Gasteiger partial charge in [0, 0.05) is 7.11 Å². The van der Waals surface area contributed by atoms with Crippen molar-refractivity contribution in [3.05, 3.63) is 24.2 Å². The molecule has 2 aliphatic heterocycles. The molecule has 0 saturated carbocycles. The van der Waals surface area contributed by atoms with Gasteiger partial charge in [-0.1, -0.05) is 22.6 Å². The number of hydrogen-bond donors (Lipinski definition) is 1. The largest absolute Gasteiger partial charge is 0.382 e. The van der Waals surface area contributed by atoms with Crippen molar-refractivity contribution < 1.29 is 23.3 Å². The molecule has 2 fully saturated rings. The van der Waals surface area contributed by atoms with E-state index in [1.165, 1.54) is 18.0 Å². The standard InChI is InChI=1S/C14H13FIN5O4/c1-22-12-23-9-10(24-12)14(15,4-16)25-13(9,5-17)8-3-2-7-11(18)19-6-20-21(7)8/h2-3,6,9-10,12H,4H2,1H3,(H2,18,19,20)/t9-,10+,12?,13+,14-/m1/s1. The van der Waals surface area contributed by atoms with Gasteiger partial charge in [-0.25, -0.2) is 13.9 Å². The molecule has 0 amide bonds. The van der Waals surface area contributed by atoms with E-state index in [0.717, 1.165) is 0 Å². The van der Waals surface area contributed by atoms with Gasteiger partial charge in [0.15, 0.2) is 11.9 Å². The van der Waals surface area contributed by atoms with Crippen LogP contribution in [0.4, 0.5) is 10.2 Å². The highest BCUT2D eigenvalue weighted by Crippen LogP contribution is 2.52. The maximum Gasteiger partial charge on any atom is 0.272 e. The average molecular weight is 461 g/mol. The Bertz CT molecular complexity index is 875. The number of nitriles is 1. The lowest BCUT2D eigenvalue weighted by Gasteiger charge is -2.27. The van der Waals surface area contributed by atoms with E-state index in [0.29, 0.717) is 5.52 Å². The first-order valence-corrected chi connectivity index (χ1v) is 8.80. The second kappa shape index (κ2) is 5.71. The Balaban J connectivity index is 1.91. The number of halogens is 2. The number of nitrogens with zero attached hydrogens (tertiary/aromatic N) is 4. The third kappa shape index (κ3) is 2.18. The fourth-order valence-corrected chi connectivity index (χ4v) is 3.81. The van der Waals surface area contributed by atoms with Gasteiger partial charge in [-0.15, -0.1) is 0 Å². The number of alkyl halides is 2. The highest BCUT2D eigenvalue weighted by molar-refractivity contribution is 14.1. The van der Waals surface area contributed by atoms with E-state index in [2.05, 4.69) is 10.1 Å². The van der Waals surface area contributed by atoms with E-state index in [4.69, 9.17) is 24.7 Å². The molecule has 2 aromatic heterocycles. The molecule has 0 aromatic carbocycles. The topological polar surface area (TPSA) is 117 Å². The third-order valence-corrected chi connectivity index (χ3v) is 5.39. The molecule has 0 radical (unpaired) electrons. The number of nitrogens with two attached hydrogens (primary N) is 1. The van der Waals surface area contributed by atoms with Crippen LogP contribution in [0.3, 0.4) is 0 Å². The van der Waals surface area contributed by atoms with E-state index in [9.17, 15) is 5.26 Å². The van der Waals surface area contributed by atoms with Gasteiger partial charge in [-0.2, -0.15) is 10.4 Å². The third-order valence-electron chi connectivity index (χ3n) is 4.35. The number of anilines is 1. The highest BCUT2D eigenvalue weighted by Gasteiger charge is 2.70. The number of aromatic nitrogens is 3. The van der Waals surface area contributed by atoms with Crippen molar-refractivity contribution in [3.8, 4) is 6.07 Å². The van der Waals surface area contributed by atoms with Crippen LogP contribution in [-0.2, 0) is 24.5 Å². The normalized spacial score (nSPS) is 37.3. The molecule has 0 spiro atoms. The molecule has 4 heterocycles. The fourth-order valence-electron chi connectivity index (χ4n) is 3.22. The summed E-state index contributed by atoms with van der Waals surface area (Å²) in [5.41, 5.74) is 4.80. The SMILES string of the molecule is COC1O[C@@H]2[C@H](O1)[C@@](F)(CI)O[C@@]2(C#N)c1ccc2c(N)ncnn12. The quantitative estimate of drug-likeness (QED) is 0.529. The van der Waals surface area contributed by atoms with Gasteiger partial charge in [0.1, 0.15) is 24.0 Å². The van der Waals surface area contributed by atoms with Crippen LogP contribution in [0.2, 0.25) is 0 Å². The minimum absolute atomic E-state index is 0.0599. The Morgan fingerprint density at radius 1 is 1.48 bits per heavy atom. The van der Waals surface area contributed by atoms with Crippen molar-refractivity contribution in [2.24, 2.45) is 0 Å². The molecule has 0 aliphatic carbocycles. The van der Waals surface area contributed by atoms with Gasteiger partial charge in [0.05, 0.1) is 10.1 Å². The first-order chi connectivity index (χ1) is 12.0. The fraction of sp³-hybridized carbons (Fsp3) is 0.500. The van der Waals surface area contributed by atoms with Crippen LogP contribution in [0.25, 0.3) is 5.52 Å². The second-order valence-electron chi connectivity index (χ2n) is 5.67. The number of fused-ring (bicyclic) bond motifs is 2. The Hall–Kier alpha value is -1.59. The van der Waals surface area contributed by atoms with Gasteiger partial charge < -0.3 is 24.7 Å². The Morgan fingerprint density at radius 2 is 2.24 bits per heavy atom. The molecule has 9 nitrogen and oxygen atoms in total. The van der Waals surface area contributed by atoms with E-state index in [1.54, 1.807) is 12.1 Å². The predicted molar refractivity (Wildman–Crippen MR) is 89.0 cm³/mol. The zero-order chi connectivity index (χ0) is 17.8. The minimum atomic E-state index is -2.23. The molecule has 1 unspecified atom stereocenters. The van der Waals surface area contributed by atoms with Crippen molar-refractivity contribution in [2.45, 2.75) is 30.1 Å². The maximum absolute atomic E-state index is 15.4. The molecular formula is C14H13FIN5O4. The molecule has 2 aromatic rings. The molecule has 2 N–H and O–H groups in total. The number of hydrogen-bond acceptors (Lipinski definition) is 8. The van der Waals surface area contributed by atoms with Gasteiger partial charge >= 0.3 is 0 Å². The zero-order valence-electron chi connectivity index (χ0n) is 12.9. The maximum atomic E-state index is 15.4. The summed E-state index contributed by atoms with van der Waals surface area (Å²) in [5.74, 6) is -2.00. The summed E-state index contributed by atoms with van der Waals surface area (Å²) in [4.78, 5) is 3.90. The summed E-state index contributed by atoms with van der Waals surface area (Å²) in [6, 6.07) is 5.27. The van der Waals surface area contributed by atoms with Gasteiger partial charge in [0.2, 0.25) is 11.5 Å². The molecule has 2 aliphatic rings. The zero-order valence-corrected chi connectivity index (χ0v) is 15.1. The smallest absolute Gasteiger partial charge is 0.272 e. The first-order valence-electron chi connectivity index (χ1n) is 7.28. The van der Waals surface area contributed by atoms with Crippen molar-refractivity contribution in [2.75, 3.05) is 17.3 Å². The van der Waals surface area contributed by atoms with E-state index >= 15 is 4.39 Å². The number of rotatable bonds is 3. The van der Waals surface area contributed by atoms with Crippen molar-refractivity contribution >= 4 is 33.9 Å². The van der Waals surface area contributed by atoms with Gasteiger partial charge in [0.25, 0.3) is 6.48 Å². The van der Waals surface area contributed by atoms with E-state index < -0.39 is 30.1 Å². The van der Waals surface area contributed by atoms with Crippen molar-refractivity contribution in [3.63, 3.8) is 0 Å². The van der Waals surface area contributed by atoms with E-state index in [-0.39, 0.29) is 15.9 Å². The van der Waals surface area contributed by atoms with Crippen LogP contribution in [0.5, 0.6) is 0 Å². The summed E-state index contributed by atoms with van der Waals surface area (Å²) in [6.45, 7) is -1.09. The number of methoxy groups -OCH3 is 1. The lowest BCUT2D eigenvalue weighted by molar-refractivity contribution is -0.286.